The topological polar surface area (TPSA) is 74.3 Å². The van der Waals surface area contributed by atoms with Crippen LogP contribution in [0.4, 0.5) is 13.2 Å². The fourth-order valence-corrected chi connectivity index (χ4v) is 4.78. The van der Waals surface area contributed by atoms with Crippen LogP contribution in [0.15, 0.2) is 0 Å². The first-order chi connectivity index (χ1) is 9.61. The standard InChI is InChI=1S/C11H19OS.CHF3O3S/c12-11(10-5-1-2-6-10)9-13-7-3-4-8-13;2-1(3,4)8(5,6)7/h10H,1-9H2;(H,5,6,7)/q+1;/p-1. The second-order valence-electron chi connectivity index (χ2n) is 5.22. The highest BCUT2D eigenvalue weighted by Crippen LogP contribution is 2.27. The maximum absolute atomic E-state index is 11.8. The fraction of sp³-hybridized carbons (Fsp3) is 0.917. The third-order valence-corrected chi connectivity index (χ3v) is 6.55. The largest absolute Gasteiger partial charge is 0.741 e. The van der Waals surface area contributed by atoms with Gasteiger partial charge in [0.1, 0.15) is 11.5 Å². The van der Waals surface area contributed by atoms with Crippen LogP contribution in [0.5, 0.6) is 0 Å². The molecule has 1 aliphatic carbocycles. The first-order valence-corrected chi connectivity index (χ1v) is 9.94. The Morgan fingerprint density at radius 1 is 1.10 bits per heavy atom. The Balaban J connectivity index is 0.000000240. The molecule has 0 aromatic carbocycles. The van der Waals surface area contributed by atoms with Crippen LogP contribution in [0.1, 0.15) is 38.5 Å². The summed E-state index contributed by atoms with van der Waals surface area (Å²) >= 11 is 0. The lowest BCUT2D eigenvalue weighted by Gasteiger charge is -2.08. The van der Waals surface area contributed by atoms with E-state index in [1.807, 2.05) is 0 Å². The van der Waals surface area contributed by atoms with Crippen LogP contribution < -0.4 is 0 Å². The van der Waals surface area contributed by atoms with E-state index in [0.29, 0.717) is 22.6 Å². The molecule has 2 rings (SSSR count). The van der Waals surface area contributed by atoms with E-state index in [1.54, 1.807) is 0 Å². The van der Waals surface area contributed by atoms with Gasteiger partial charge in [-0.15, -0.1) is 0 Å². The number of hydrogen-bond donors (Lipinski definition) is 0. The van der Waals surface area contributed by atoms with Crippen LogP contribution in [-0.4, -0.2) is 41.5 Å². The van der Waals surface area contributed by atoms with E-state index in [4.69, 9.17) is 13.0 Å². The molecule has 0 atom stereocenters. The lowest BCUT2D eigenvalue weighted by molar-refractivity contribution is -0.120. The van der Waals surface area contributed by atoms with E-state index in [9.17, 15) is 18.0 Å². The predicted octanol–water partition coefficient (Wildman–Crippen LogP) is 2.21. The summed E-state index contributed by atoms with van der Waals surface area (Å²) in [4.78, 5) is 11.8. The van der Waals surface area contributed by atoms with Crippen molar-refractivity contribution in [1.29, 1.82) is 0 Å². The Labute approximate surface area is 125 Å². The third-order valence-electron chi connectivity index (χ3n) is 3.56. The first kappa shape index (κ1) is 18.8. The van der Waals surface area contributed by atoms with E-state index in [0.717, 1.165) is 5.75 Å². The Morgan fingerprint density at radius 2 is 1.52 bits per heavy atom. The molecule has 2 fully saturated rings. The molecule has 1 saturated heterocycles. The third kappa shape index (κ3) is 6.56. The maximum Gasteiger partial charge on any atom is 0.485 e. The van der Waals surface area contributed by atoms with Gasteiger partial charge in [0.2, 0.25) is 0 Å². The summed E-state index contributed by atoms with van der Waals surface area (Å²) in [6, 6.07) is 0. The zero-order chi connectivity index (χ0) is 16.1. The van der Waals surface area contributed by atoms with Crippen LogP contribution >= 0.6 is 0 Å². The summed E-state index contributed by atoms with van der Waals surface area (Å²) in [5, 5.41) is 0. The molecule has 0 amide bonds. The van der Waals surface area contributed by atoms with Crippen LogP contribution in [0.2, 0.25) is 0 Å². The van der Waals surface area contributed by atoms with Crippen molar-refractivity contribution in [3.63, 3.8) is 0 Å². The molecule has 2 aliphatic rings. The molecule has 124 valence electrons. The van der Waals surface area contributed by atoms with E-state index in [1.165, 1.54) is 50.0 Å². The average Bonchev–Trinajstić information content (AvgIpc) is 2.99. The van der Waals surface area contributed by atoms with Crippen molar-refractivity contribution in [2.24, 2.45) is 5.92 Å². The van der Waals surface area contributed by atoms with Gasteiger partial charge in [-0.1, -0.05) is 12.8 Å². The highest BCUT2D eigenvalue weighted by molar-refractivity contribution is 7.97. The van der Waals surface area contributed by atoms with Gasteiger partial charge in [0.05, 0.1) is 0 Å². The molecule has 0 spiro atoms. The number of Topliss-reactive ketones (excluding diaryl/α,β-unsaturated/α-hetero) is 1. The van der Waals surface area contributed by atoms with Gasteiger partial charge in [-0.05, 0) is 36.6 Å². The fourth-order valence-electron chi connectivity index (χ4n) is 2.43. The summed E-state index contributed by atoms with van der Waals surface area (Å²) < 4.78 is 58.9. The smallest absolute Gasteiger partial charge is 0.485 e. The SMILES string of the molecule is O=C(C[S+]1CCCC1)C1CCCC1.O=S(=O)([O-])C(F)(F)F. The van der Waals surface area contributed by atoms with Gasteiger partial charge in [0.15, 0.2) is 21.7 Å². The van der Waals surface area contributed by atoms with Gasteiger partial charge in [-0.3, -0.25) is 4.79 Å². The van der Waals surface area contributed by atoms with Crippen molar-refractivity contribution in [2.45, 2.75) is 44.0 Å². The van der Waals surface area contributed by atoms with E-state index < -0.39 is 15.6 Å². The number of rotatable bonds is 3. The normalized spacial score (nSPS) is 21.1. The Hall–Kier alpha value is -0.280. The van der Waals surface area contributed by atoms with Crippen molar-refractivity contribution in [1.82, 2.24) is 0 Å². The molecule has 0 aromatic heterocycles. The number of hydrogen-bond acceptors (Lipinski definition) is 4. The van der Waals surface area contributed by atoms with Crippen LogP contribution in [0.25, 0.3) is 0 Å². The minimum atomic E-state index is -6.09. The molecule has 0 unspecified atom stereocenters. The summed E-state index contributed by atoms with van der Waals surface area (Å²) in [7, 11) is -5.59. The zero-order valence-electron chi connectivity index (χ0n) is 11.5. The molecule has 0 radical (unpaired) electrons. The minimum Gasteiger partial charge on any atom is -0.741 e. The minimum absolute atomic E-state index is 0.466. The molecule has 4 nitrogen and oxygen atoms in total. The quantitative estimate of drug-likeness (QED) is 0.445. The molecule has 9 heteroatoms. The first-order valence-electron chi connectivity index (χ1n) is 6.80. The second kappa shape index (κ2) is 7.82. The van der Waals surface area contributed by atoms with Crippen LogP contribution in [-0.2, 0) is 25.8 Å². The van der Waals surface area contributed by atoms with Gasteiger partial charge in [-0.2, -0.15) is 13.2 Å². The number of carbonyl (C=O) groups excluding carboxylic acids is 1. The van der Waals surface area contributed by atoms with Crippen molar-refractivity contribution in [3.8, 4) is 0 Å². The van der Waals surface area contributed by atoms with Gasteiger partial charge >= 0.3 is 5.51 Å². The Morgan fingerprint density at radius 3 is 1.90 bits per heavy atom. The summed E-state index contributed by atoms with van der Waals surface area (Å²) in [6.45, 7) is 0. The van der Waals surface area contributed by atoms with Crippen LogP contribution in [0, 0.1) is 5.92 Å². The molecule has 21 heavy (non-hydrogen) atoms. The molecular formula is C12H19F3O4S2. The number of carbonyl (C=O) groups is 1. The van der Waals surface area contributed by atoms with Gasteiger partial charge in [0.25, 0.3) is 0 Å². The second-order valence-corrected chi connectivity index (χ2v) is 8.92. The van der Waals surface area contributed by atoms with Gasteiger partial charge in [-0.25, -0.2) is 8.42 Å². The van der Waals surface area contributed by atoms with Gasteiger partial charge in [0, 0.05) is 5.92 Å². The zero-order valence-corrected chi connectivity index (χ0v) is 13.2. The van der Waals surface area contributed by atoms with Gasteiger partial charge < -0.3 is 4.55 Å². The summed E-state index contributed by atoms with van der Waals surface area (Å²) in [5.74, 6) is 4.69. The Kier molecular flexibility index (Phi) is 6.99. The molecule has 0 aromatic rings. The number of alkyl halides is 3. The summed E-state index contributed by atoms with van der Waals surface area (Å²) in [6.07, 6.45) is 7.72. The maximum atomic E-state index is 11.8. The highest BCUT2D eigenvalue weighted by Gasteiger charge is 2.37. The van der Waals surface area contributed by atoms with E-state index in [2.05, 4.69) is 0 Å². The monoisotopic (exact) mass is 348 g/mol. The average molecular weight is 348 g/mol. The molecule has 1 heterocycles. The molecule has 1 aliphatic heterocycles. The highest BCUT2D eigenvalue weighted by atomic mass is 32.2. The van der Waals surface area contributed by atoms with E-state index in [-0.39, 0.29) is 0 Å². The predicted molar refractivity (Wildman–Crippen MR) is 73.9 cm³/mol. The van der Waals surface area contributed by atoms with E-state index >= 15 is 0 Å². The number of ketones is 1. The summed E-state index contributed by atoms with van der Waals surface area (Å²) in [5.41, 5.74) is -5.65. The Bertz CT molecular complexity index is 436. The molecule has 0 bridgehead atoms. The number of halogens is 3. The van der Waals surface area contributed by atoms with Crippen molar-refractivity contribution in [2.75, 3.05) is 17.3 Å². The molecule has 1 saturated carbocycles. The lowest BCUT2D eigenvalue weighted by atomic mass is 10.0. The van der Waals surface area contributed by atoms with Crippen molar-refractivity contribution >= 4 is 26.8 Å². The molecule has 0 N–H and O–H groups in total. The van der Waals surface area contributed by atoms with Crippen LogP contribution in [0.3, 0.4) is 0 Å². The van der Waals surface area contributed by atoms with Crippen molar-refractivity contribution < 1.29 is 30.9 Å². The lowest BCUT2D eigenvalue weighted by Crippen LogP contribution is -2.23. The van der Waals surface area contributed by atoms with Crippen molar-refractivity contribution in [3.05, 3.63) is 0 Å². The molecular weight excluding hydrogens is 329 g/mol.